The van der Waals surface area contributed by atoms with Gasteiger partial charge in [0.15, 0.2) is 5.65 Å². The SMILES string of the molecule is Cc1cccn2nc(NCc3ccc(F)cc3)nc12. The monoisotopic (exact) mass is 256 g/mol. The standard InChI is InChI=1S/C14H13FN4/c1-10-3-2-8-19-13(10)17-14(18-19)16-9-11-4-6-12(15)7-5-11/h2-8H,9H2,1H3,(H,16,18). The van der Waals surface area contributed by atoms with Crippen LogP contribution in [0, 0.1) is 12.7 Å². The van der Waals surface area contributed by atoms with E-state index in [0.717, 1.165) is 16.8 Å². The topological polar surface area (TPSA) is 42.2 Å². The highest BCUT2D eigenvalue weighted by atomic mass is 19.1. The fourth-order valence-electron chi connectivity index (χ4n) is 1.90. The summed E-state index contributed by atoms with van der Waals surface area (Å²) in [5.74, 6) is 0.337. The lowest BCUT2D eigenvalue weighted by molar-refractivity contribution is 0.627. The molecule has 19 heavy (non-hydrogen) atoms. The van der Waals surface area contributed by atoms with Gasteiger partial charge >= 0.3 is 0 Å². The summed E-state index contributed by atoms with van der Waals surface area (Å²) in [5, 5.41) is 7.46. The Bertz CT molecular complexity index is 703. The van der Waals surface area contributed by atoms with Crippen molar-refractivity contribution in [1.29, 1.82) is 0 Å². The van der Waals surface area contributed by atoms with Gasteiger partial charge in [-0.15, -0.1) is 5.10 Å². The molecular formula is C14H13FN4. The number of nitrogens with zero attached hydrogens (tertiary/aromatic N) is 3. The van der Waals surface area contributed by atoms with Crippen molar-refractivity contribution in [2.24, 2.45) is 0 Å². The van der Waals surface area contributed by atoms with E-state index >= 15 is 0 Å². The second-order valence-corrected chi connectivity index (χ2v) is 4.37. The van der Waals surface area contributed by atoms with Crippen LogP contribution in [0.2, 0.25) is 0 Å². The Labute approximate surface area is 109 Å². The normalized spacial score (nSPS) is 10.8. The molecule has 5 heteroatoms. The lowest BCUT2D eigenvalue weighted by Crippen LogP contribution is -2.01. The summed E-state index contributed by atoms with van der Waals surface area (Å²) in [6.45, 7) is 2.56. The van der Waals surface area contributed by atoms with E-state index in [9.17, 15) is 4.39 Å². The summed E-state index contributed by atoms with van der Waals surface area (Å²) in [5.41, 5.74) is 2.89. The van der Waals surface area contributed by atoms with Crippen molar-refractivity contribution in [3.8, 4) is 0 Å². The molecule has 0 saturated carbocycles. The fraction of sp³-hybridized carbons (Fsp3) is 0.143. The van der Waals surface area contributed by atoms with Crippen LogP contribution in [-0.2, 0) is 6.54 Å². The molecule has 96 valence electrons. The summed E-state index contributed by atoms with van der Waals surface area (Å²) in [6, 6.07) is 10.3. The smallest absolute Gasteiger partial charge is 0.243 e. The van der Waals surface area contributed by atoms with Crippen LogP contribution in [0.3, 0.4) is 0 Å². The summed E-state index contributed by atoms with van der Waals surface area (Å²) in [7, 11) is 0. The predicted molar refractivity (Wildman–Crippen MR) is 71.5 cm³/mol. The number of fused-ring (bicyclic) bond motifs is 1. The molecule has 1 N–H and O–H groups in total. The Hall–Kier alpha value is -2.43. The second-order valence-electron chi connectivity index (χ2n) is 4.37. The van der Waals surface area contributed by atoms with Crippen LogP contribution in [0.4, 0.5) is 10.3 Å². The number of hydrogen-bond donors (Lipinski definition) is 1. The number of aromatic nitrogens is 3. The van der Waals surface area contributed by atoms with E-state index in [-0.39, 0.29) is 5.82 Å². The van der Waals surface area contributed by atoms with Crippen LogP contribution in [0.15, 0.2) is 42.6 Å². The van der Waals surface area contributed by atoms with Gasteiger partial charge in [-0.25, -0.2) is 8.91 Å². The highest BCUT2D eigenvalue weighted by Crippen LogP contribution is 2.11. The highest BCUT2D eigenvalue weighted by molar-refractivity contribution is 5.49. The second kappa shape index (κ2) is 4.68. The average Bonchev–Trinajstić information content (AvgIpc) is 2.83. The molecule has 0 bridgehead atoms. The first-order valence-corrected chi connectivity index (χ1v) is 6.03. The van der Waals surface area contributed by atoms with Crippen LogP contribution in [0.25, 0.3) is 5.65 Å². The van der Waals surface area contributed by atoms with Gasteiger partial charge in [0.2, 0.25) is 5.95 Å². The van der Waals surface area contributed by atoms with Crippen LogP contribution in [-0.4, -0.2) is 14.6 Å². The van der Waals surface area contributed by atoms with Gasteiger partial charge in [-0.05, 0) is 36.2 Å². The van der Waals surface area contributed by atoms with Gasteiger partial charge in [-0.1, -0.05) is 18.2 Å². The molecule has 0 aliphatic heterocycles. The van der Waals surface area contributed by atoms with Crippen LogP contribution in [0.1, 0.15) is 11.1 Å². The first-order valence-electron chi connectivity index (χ1n) is 6.03. The summed E-state index contributed by atoms with van der Waals surface area (Å²) < 4.78 is 14.5. The molecule has 2 heterocycles. The van der Waals surface area contributed by atoms with E-state index < -0.39 is 0 Å². The summed E-state index contributed by atoms with van der Waals surface area (Å²) in [6.07, 6.45) is 1.86. The molecule has 1 aromatic carbocycles. The number of rotatable bonds is 3. The van der Waals surface area contributed by atoms with Crippen molar-refractivity contribution in [1.82, 2.24) is 14.6 Å². The summed E-state index contributed by atoms with van der Waals surface area (Å²) in [4.78, 5) is 4.41. The molecule has 3 aromatic rings. The van der Waals surface area contributed by atoms with E-state index in [0.29, 0.717) is 12.5 Å². The van der Waals surface area contributed by atoms with E-state index in [2.05, 4.69) is 15.4 Å². The van der Waals surface area contributed by atoms with E-state index in [1.54, 1.807) is 16.6 Å². The van der Waals surface area contributed by atoms with Gasteiger partial charge in [0.05, 0.1) is 0 Å². The predicted octanol–water partition coefficient (Wildman–Crippen LogP) is 2.79. The van der Waals surface area contributed by atoms with Crippen LogP contribution < -0.4 is 5.32 Å². The number of benzene rings is 1. The third-order valence-electron chi connectivity index (χ3n) is 2.92. The van der Waals surface area contributed by atoms with E-state index in [1.807, 2.05) is 25.3 Å². The zero-order chi connectivity index (χ0) is 13.2. The van der Waals surface area contributed by atoms with Crippen molar-refractivity contribution in [2.45, 2.75) is 13.5 Å². The van der Waals surface area contributed by atoms with Crippen molar-refractivity contribution in [2.75, 3.05) is 5.32 Å². The number of halogens is 1. The molecule has 0 saturated heterocycles. The maximum absolute atomic E-state index is 12.8. The third kappa shape index (κ3) is 2.40. The molecule has 0 atom stereocenters. The molecule has 0 aliphatic carbocycles. The van der Waals surface area contributed by atoms with Crippen molar-refractivity contribution in [3.05, 3.63) is 59.5 Å². The Balaban J connectivity index is 1.78. The number of nitrogens with one attached hydrogen (secondary N) is 1. The molecule has 3 rings (SSSR count). The Morgan fingerprint density at radius 2 is 2.00 bits per heavy atom. The van der Waals surface area contributed by atoms with Crippen molar-refractivity contribution >= 4 is 11.6 Å². The Morgan fingerprint density at radius 3 is 2.74 bits per heavy atom. The largest absolute Gasteiger partial charge is 0.349 e. The number of hydrogen-bond acceptors (Lipinski definition) is 3. The minimum absolute atomic E-state index is 0.231. The molecule has 0 fully saturated rings. The molecule has 2 aromatic heterocycles. The van der Waals surface area contributed by atoms with Gasteiger partial charge in [0.1, 0.15) is 5.82 Å². The number of aryl methyl sites for hydroxylation is 1. The zero-order valence-electron chi connectivity index (χ0n) is 10.5. The molecule has 0 radical (unpaired) electrons. The van der Waals surface area contributed by atoms with Crippen LogP contribution in [0.5, 0.6) is 0 Å². The first-order chi connectivity index (χ1) is 9.22. The molecule has 0 spiro atoms. The lowest BCUT2D eigenvalue weighted by Gasteiger charge is -2.01. The van der Waals surface area contributed by atoms with Gasteiger partial charge in [0.25, 0.3) is 0 Å². The zero-order valence-corrected chi connectivity index (χ0v) is 10.5. The minimum atomic E-state index is -0.231. The fourth-order valence-corrected chi connectivity index (χ4v) is 1.90. The summed E-state index contributed by atoms with van der Waals surface area (Å²) >= 11 is 0. The maximum atomic E-state index is 12.8. The Morgan fingerprint density at radius 1 is 1.21 bits per heavy atom. The minimum Gasteiger partial charge on any atom is -0.349 e. The first kappa shape index (κ1) is 11.6. The molecule has 4 nitrogen and oxygen atoms in total. The van der Waals surface area contributed by atoms with Gasteiger partial charge in [-0.3, -0.25) is 0 Å². The van der Waals surface area contributed by atoms with E-state index in [1.165, 1.54) is 12.1 Å². The van der Waals surface area contributed by atoms with Gasteiger partial charge < -0.3 is 5.32 Å². The number of anilines is 1. The van der Waals surface area contributed by atoms with Gasteiger partial charge in [0, 0.05) is 12.7 Å². The molecule has 0 unspecified atom stereocenters. The van der Waals surface area contributed by atoms with Crippen LogP contribution >= 0.6 is 0 Å². The van der Waals surface area contributed by atoms with E-state index in [4.69, 9.17) is 0 Å². The van der Waals surface area contributed by atoms with Gasteiger partial charge in [-0.2, -0.15) is 4.98 Å². The highest BCUT2D eigenvalue weighted by Gasteiger charge is 2.04. The van der Waals surface area contributed by atoms with Crippen molar-refractivity contribution in [3.63, 3.8) is 0 Å². The lowest BCUT2D eigenvalue weighted by atomic mass is 10.2. The third-order valence-corrected chi connectivity index (χ3v) is 2.92. The molecule has 0 aliphatic rings. The quantitative estimate of drug-likeness (QED) is 0.783. The Kier molecular flexibility index (Phi) is 2.87. The molecular weight excluding hydrogens is 243 g/mol. The number of pyridine rings is 1. The maximum Gasteiger partial charge on any atom is 0.243 e. The average molecular weight is 256 g/mol. The van der Waals surface area contributed by atoms with Crippen molar-refractivity contribution < 1.29 is 4.39 Å². The molecule has 0 amide bonds.